The Morgan fingerprint density at radius 3 is 2.09 bits per heavy atom. The average Bonchev–Trinajstić information content (AvgIpc) is 3.01. The van der Waals surface area contributed by atoms with E-state index in [1.807, 2.05) is 49.4 Å². The third kappa shape index (κ3) is 6.48. The summed E-state index contributed by atoms with van der Waals surface area (Å²) in [4.78, 5) is -0.570. The van der Waals surface area contributed by atoms with E-state index in [1.165, 1.54) is 6.07 Å². The number of hydrogen-bond acceptors (Lipinski definition) is 9. The van der Waals surface area contributed by atoms with Crippen LogP contribution in [0.3, 0.4) is 0 Å². The largest absolute Gasteiger partial charge is 0.505 e. The Hall–Kier alpha value is -5.39. The van der Waals surface area contributed by atoms with Crippen molar-refractivity contribution >= 4 is 61.1 Å². The van der Waals surface area contributed by atoms with E-state index in [0.717, 1.165) is 16.8 Å². The molecule has 0 radical (unpaired) electrons. The molecular weight excluding hydrogens is 578 g/mol. The highest BCUT2D eigenvalue weighted by atomic mass is 32.2. The molecule has 11 heteroatoms. The number of benzene rings is 5. The fourth-order valence-electron chi connectivity index (χ4n) is 4.53. The van der Waals surface area contributed by atoms with Gasteiger partial charge in [0.2, 0.25) is 0 Å². The molecule has 0 fully saturated rings. The van der Waals surface area contributed by atoms with Gasteiger partial charge in [0.1, 0.15) is 22.0 Å². The fourth-order valence-corrected chi connectivity index (χ4v) is 5.19. The number of phenolic OH excluding ortho intramolecular Hbond substituents is 1. The molecule has 0 heterocycles. The molecule has 0 bridgehead atoms. The highest BCUT2D eigenvalue weighted by molar-refractivity contribution is 7.86. The van der Waals surface area contributed by atoms with Crippen molar-refractivity contribution in [2.45, 2.75) is 18.7 Å². The lowest BCUT2D eigenvalue weighted by Crippen LogP contribution is -1.99. The number of fused-ring (bicyclic) bond motifs is 1. The Morgan fingerprint density at radius 2 is 1.45 bits per heavy atom. The molecule has 0 saturated heterocycles. The van der Waals surface area contributed by atoms with Gasteiger partial charge in [-0.25, -0.2) is 0 Å². The SMILES string of the molecule is C=Cc1ccc(N=Nc2cc(C)c(N=Nc3c(S(=O)(=O)O)cc4cc(Nc5ccccc5)ccc4c3O)cc2C)c(OC)c1. The summed E-state index contributed by atoms with van der Waals surface area (Å²) in [5.74, 6) is 0.126. The highest BCUT2D eigenvalue weighted by Crippen LogP contribution is 2.43. The first kappa shape index (κ1) is 30.1. The fraction of sp³-hybridized carbons (Fsp3) is 0.0909. The number of methoxy groups -OCH3 is 1. The number of hydrogen-bond donors (Lipinski definition) is 3. The Labute approximate surface area is 254 Å². The summed E-state index contributed by atoms with van der Waals surface area (Å²) in [5.41, 5.74) is 4.96. The molecule has 0 aromatic heterocycles. The second-order valence-electron chi connectivity index (χ2n) is 9.93. The number of nitrogens with one attached hydrogen (secondary N) is 1. The maximum atomic E-state index is 12.4. The lowest BCUT2D eigenvalue weighted by atomic mass is 10.1. The number of aryl methyl sites for hydroxylation is 2. The van der Waals surface area contributed by atoms with Gasteiger partial charge >= 0.3 is 0 Å². The second-order valence-corrected chi connectivity index (χ2v) is 11.3. The van der Waals surface area contributed by atoms with Crippen molar-refractivity contribution in [3.8, 4) is 11.5 Å². The first-order chi connectivity index (χ1) is 21.1. The van der Waals surface area contributed by atoms with Crippen LogP contribution < -0.4 is 10.1 Å². The quantitative estimate of drug-likeness (QED) is 0.112. The first-order valence-corrected chi connectivity index (χ1v) is 14.9. The summed E-state index contributed by atoms with van der Waals surface area (Å²) in [5, 5.41) is 32.1. The predicted molar refractivity (Wildman–Crippen MR) is 173 cm³/mol. The molecule has 3 N–H and O–H groups in total. The Morgan fingerprint density at radius 1 is 0.795 bits per heavy atom. The van der Waals surface area contributed by atoms with Gasteiger partial charge in [-0.2, -0.15) is 18.6 Å². The zero-order valence-electron chi connectivity index (χ0n) is 24.2. The minimum Gasteiger partial charge on any atom is -0.505 e. The van der Waals surface area contributed by atoms with Crippen molar-refractivity contribution in [1.82, 2.24) is 0 Å². The van der Waals surface area contributed by atoms with Crippen molar-refractivity contribution < 1.29 is 22.8 Å². The van der Waals surface area contributed by atoms with Crippen molar-refractivity contribution in [2.24, 2.45) is 20.5 Å². The van der Waals surface area contributed by atoms with Gasteiger partial charge in [0.25, 0.3) is 10.1 Å². The summed E-state index contributed by atoms with van der Waals surface area (Å²) in [6.07, 6.45) is 1.71. The molecule has 0 spiro atoms. The number of nitrogens with zero attached hydrogens (tertiary/aromatic N) is 4. The first-order valence-electron chi connectivity index (χ1n) is 13.4. The molecule has 0 aliphatic carbocycles. The predicted octanol–water partition coefficient (Wildman–Crippen LogP) is 9.63. The van der Waals surface area contributed by atoms with Crippen molar-refractivity contribution in [1.29, 1.82) is 0 Å². The summed E-state index contributed by atoms with van der Waals surface area (Å²) in [6.45, 7) is 7.37. The van der Waals surface area contributed by atoms with Gasteiger partial charge < -0.3 is 15.2 Å². The van der Waals surface area contributed by atoms with Crippen LogP contribution in [-0.2, 0) is 10.1 Å². The summed E-state index contributed by atoms with van der Waals surface area (Å²) in [7, 11) is -3.22. The van der Waals surface area contributed by atoms with Gasteiger partial charge in [0, 0.05) is 16.8 Å². The van der Waals surface area contributed by atoms with E-state index in [2.05, 4.69) is 32.4 Å². The lowest BCUT2D eigenvalue weighted by molar-refractivity contribution is 0.415. The van der Waals surface area contributed by atoms with E-state index in [-0.39, 0.29) is 5.69 Å². The maximum absolute atomic E-state index is 12.4. The van der Waals surface area contributed by atoms with Crippen LogP contribution in [0.1, 0.15) is 16.7 Å². The number of anilines is 2. The molecule has 0 aliphatic heterocycles. The lowest BCUT2D eigenvalue weighted by Gasteiger charge is -2.12. The van der Waals surface area contributed by atoms with E-state index in [9.17, 15) is 18.1 Å². The molecule has 0 unspecified atom stereocenters. The van der Waals surface area contributed by atoms with Crippen LogP contribution in [0.2, 0.25) is 0 Å². The number of ether oxygens (including phenoxy) is 1. The van der Waals surface area contributed by atoms with Crippen LogP contribution in [0.25, 0.3) is 16.8 Å². The van der Waals surface area contributed by atoms with Crippen molar-refractivity contribution in [2.75, 3.05) is 12.4 Å². The summed E-state index contributed by atoms with van der Waals surface area (Å²) >= 11 is 0. The van der Waals surface area contributed by atoms with Crippen molar-refractivity contribution in [3.05, 3.63) is 108 Å². The standard InChI is InChI=1S/C33H29N5O5S/c1-5-22-11-14-27(30(17-22)43-4)35-36-28-15-21(3)29(16-20(28)2)37-38-32-31(44(40,41)42)19-23-18-25(12-13-26(23)33(32)39)34-24-9-7-6-8-10-24/h5-19,34,39H,1H2,2-4H3,(H,40,41,42). The Kier molecular flexibility index (Phi) is 8.52. The normalized spacial score (nSPS) is 11.8. The van der Waals surface area contributed by atoms with Gasteiger partial charge in [0.05, 0.1) is 18.5 Å². The minimum atomic E-state index is -4.77. The zero-order chi connectivity index (χ0) is 31.4. The molecule has 0 aliphatic rings. The van der Waals surface area contributed by atoms with E-state index >= 15 is 0 Å². The number of aromatic hydroxyl groups is 1. The third-order valence-electron chi connectivity index (χ3n) is 6.87. The molecule has 44 heavy (non-hydrogen) atoms. The minimum absolute atomic E-state index is 0.338. The van der Waals surface area contributed by atoms with Gasteiger partial charge in [-0.05, 0) is 96.6 Å². The van der Waals surface area contributed by atoms with Crippen LogP contribution in [-0.4, -0.2) is 25.2 Å². The van der Waals surface area contributed by atoms with Crippen LogP contribution in [0.4, 0.5) is 34.1 Å². The van der Waals surface area contributed by atoms with Crippen LogP contribution in [0.5, 0.6) is 11.5 Å². The third-order valence-corrected chi connectivity index (χ3v) is 7.74. The Balaban J connectivity index is 1.48. The smallest absolute Gasteiger partial charge is 0.296 e. The zero-order valence-corrected chi connectivity index (χ0v) is 25.0. The highest BCUT2D eigenvalue weighted by Gasteiger charge is 2.22. The van der Waals surface area contributed by atoms with E-state index in [0.29, 0.717) is 44.8 Å². The average molecular weight is 608 g/mol. The molecule has 222 valence electrons. The second kappa shape index (κ2) is 12.5. The number of para-hydroxylation sites is 1. The van der Waals surface area contributed by atoms with Gasteiger partial charge in [0.15, 0.2) is 5.75 Å². The monoisotopic (exact) mass is 607 g/mol. The van der Waals surface area contributed by atoms with Gasteiger partial charge in [-0.1, -0.05) is 36.9 Å². The van der Waals surface area contributed by atoms with E-state index in [1.54, 1.807) is 56.5 Å². The molecular formula is C33H29N5O5S. The van der Waals surface area contributed by atoms with Crippen LogP contribution in [0, 0.1) is 13.8 Å². The van der Waals surface area contributed by atoms with Crippen LogP contribution >= 0.6 is 0 Å². The summed E-state index contributed by atoms with van der Waals surface area (Å²) < 4.78 is 40.2. The number of rotatable bonds is 9. The molecule has 5 aromatic carbocycles. The van der Waals surface area contributed by atoms with Gasteiger partial charge in [-0.3, -0.25) is 4.55 Å². The number of azo groups is 2. The topological polar surface area (TPSA) is 145 Å². The molecule has 0 saturated carbocycles. The molecule has 10 nitrogen and oxygen atoms in total. The maximum Gasteiger partial charge on any atom is 0.296 e. The Bertz CT molecular complexity index is 2060. The molecule has 5 aromatic rings. The molecule has 5 rings (SSSR count). The molecule has 0 atom stereocenters. The van der Waals surface area contributed by atoms with E-state index < -0.39 is 20.8 Å². The van der Waals surface area contributed by atoms with Crippen LogP contribution in [0.15, 0.2) is 117 Å². The van der Waals surface area contributed by atoms with Gasteiger partial charge in [-0.15, -0.1) is 10.2 Å². The van der Waals surface area contributed by atoms with Crippen molar-refractivity contribution in [3.63, 3.8) is 0 Å². The number of phenols is 1. The summed E-state index contributed by atoms with van der Waals surface area (Å²) in [6, 6.07) is 24.7. The van der Waals surface area contributed by atoms with E-state index in [4.69, 9.17) is 4.74 Å². The molecule has 0 amide bonds.